The fourth-order valence-corrected chi connectivity index (χ4v) is 2.00. The summed E-state index contributed by atoms with van der Waals surface area (Å²) in [6.45, 7) is 1.29. The average Bonchev–Trinajstić information content (AvgIpc) is 2.36. The molecule has 1 aromatic rings. The first-order valence-corrected chi connectivity index (χ1v) is 7.54. The molecule has 0 radical (unpaired) electrons. The molecule has 0 unspecified atom stereocenters. The highest BCUT2D eigenvalue weighted by atomic mass is 32.2. The third-order valence-corrected chi connectivity index (χ3v) is 3.11. The van der Waals surface area contributed by atoms with Crippen molar-refractivity contribution in [2.24, 2.45) is 10.9 Å². The van der Waals surface area contributed by atoms with E-state index in [1.54, 1.807) is 12.1 Å². The van der Waals surface area contributed by atoms with E-state index in [-0.39, 0.29) is 5.84 Å². The summed E-state index contributed by atoms with van der Waals surface area (Å²) in [6.07, 6.45) is 1.11. The van der Waals surface area contributed by atoms with Gasteiger partial charge >= 0.3 is 0 Å². The lowest BCUT2D eigenvalue weighted by Crippen LogP contribution is -2.31. The van der Waals surface area contributed by atoms with Crippen LogP contribution in [-0.4, -0.2) is 38.8 Å². The number of amidine groups is 1. The van der Waals surface area contributed by atoms with Gasteiger partial charge in [0.2, 0.25) is 10.0 Å². The molecule has 1 rings (SSSR count). The van der Waals surface area contributed by atoms with Crippen LogP contribution in [0.25, 0.3) is 0 Å². The van der Waals surface area contributed by atoms with Crippen LogP contribution < -0.4 is 15.8 Å². The smallest absolute Gasteiger partial charge is 0.208 e. The summed E-state index contributed by atoms with van der Waals surface area (Å²) >= 11 is 0. The van der Waals surface area contributed by atoms with Gasteiger partial charge in [0.25, 0.3) is 0 Å². The van der Waals surface area contributed by atoms with Gasteiger partial charge in [-0.1, -0.05) is 29.4 Å². The highest BCUT2D eigenvalue weighted by molar-refractivity contribution is 7.88. The van der Waals surface area contributed by atoms with Gasteiger partial charge < -0.3 is 16.3 Å². The molecule has 19 heavy (non-hydrogen) atoms. The van der Waals surface area contributed by atoms with Crippen molar-refractivity contribution in [2.75, 3.05) is 19.3 Å². The minimum Gasteiger partial charge on any atom is -0.409 e. The van der Waals surface area contributed by atoms with Gasteiger partial charge in [0, 0.05) is 25.2 Å². The van der Waals surface area contributed by atoms with Gasteiger partial charge in [0.15, 0.2) is 5.84 Å². The van der Waals surface area contributed by atoms with E-state index < -0.39 is 10.0 Å². The number of rotatable bonds is 7. The second-order valence-electron chi connectivity index (χ2n) is 3.99. The van der Waals surface area contributed by atoms with E-state index in [0.717, 1.165) is 11.8 Å². The van der Waals surface area contributed by atoms with Crippen molar-refractivity contribution >= 4 is 15.9 Å². The third kappa shape index (κ3) is 5.69. The van der Waals surface area contributed by atoms with Crippen molar-refractivity contribution in [1.29, 1.82) is 0 Å². The molecule has 0 saturated heterocycles. The predicted octanol–water partition coefficient (Wildman–Crippen LogP) is -0.580. The summed E-state index contributed by atoms with van der Waals surface area (Å²) in [5, 5.41) is 14.7. The summed E-state index contributed by atoms with van der Waals surface area (Å²) in [5.41, 5.74) is 7.08. The number of nitrogens with one attached hydrogen (secondary N) is 2. The zero-order chi connectivity index (χ0) is 14.3. The minimum absolute atomic E-state index is 0.0478. The monoisotopic (exact) mass is 286 g/mol. The van der Waals surface area contributed by atoms with Gasteiger partial charge in [-0.15, -0.1) is 0 Å². The molecule has 0 aliphatic carbocycles. The van der Waals surface area contributed by atoms with Crippen molar-refractivity contribution in [2.45, 2.75) is 6.54 Å². The van der Waals surface area contributed by atoms with E-state index >= 15 is 0 Å². The maximum atomic E-state index is 10.8. The molecule has 0 saturated carbocycles. The molecule has 8 heteroatoms. The summed E-state index contributed by atoms with van der Waals surface area (Å²) < 4.78 is 24.1. The molecular formula is C11H18N4O3S. The molecule has 0 aromatic heterocycles. The molecule has 5 N–H and O–H groups in total. The Morgan fingerprint density at radius 2 is 2.05 bits per heavy atom. The first kappa shape index (κ1) is 15.4. The van der Waals surface area contributed by atoms with Crippen LogP contribution in [0.2, 0.25) is 0 Å². The Hall–Kier alpha value is -1.64. The van der Waals surface area contributed by atoms with Crippen LogP contribution >= 0.6 is 0 Å². The van der Waals surface area contributed by atoms with Gasteiger partial charge in [-0.2, -0.15) is 0 Å². The van der Waals surface area contributed by atoms with Crippen LogP contribution in [0.4, 0.5) is 0 Å². The summed E-state index contributed by atoms with van der Waals surface area (Å²) in [6, 6.07) is 7.24. The molecule has 0 spiro atoms. The number of hydrogen-bond donors (Lipinski definition) is 4. The lowest BCUT2D eigenvalue weighted by molar-refractivity contribution is 0.318. The number of nitrogens with zero attached hydrogens (tertiary/aromatic N) is 1. The molecule has 7 nitrogen and oxygen atoms in total. The van der Waals surface area contributed by atoms with Crippen LogP contribution in [-0.2, 0) is 16.6 Å². The first-order valence-electron chi connectivity index (χ1n) is 5.65. The third-order valence-electron chi connectivity index (χ3n) is 2.38. The maximum Gasteiger partial charge on any atom is 0.208 e. The second kappa shape index (κ2) is 7.07. The van der Waals surface area contributed by atoms with E-state index in [4.69, 9.17) is 10.9 Å². The molecule has 1 aromatic carbocycles. The second-order valence-corrected chi connectivity index (χ2v) is 5.82. The maximum absolute atomic E-state index is 10.8. The Kier molecular flexibility index (Phi) is 5.74. The largest absolute Gasteiger partial charge is 0.409 e. The fraction of sp³-hybridized carbons (Fsp3) is 0.364. The Morgan fingerprint density at radius 1 is 1.37 bits per heavy atom. The summed E-state index contributed by atoms with van der Waals surface area (Å²) in [5.74, 6) is 0.0478. The highest BCUT2D eigenvalue weighted by Gasteiger charge is 2.05. The Balaban J connectivity index is 2.50. The van der Waals surface area contributed by atoms with Crippen molar-refractivity contribution in [3.8, 4) is 0 Å². The number of hydrogen-bond acceptors (Lipinski definition) is 5. The van der Waals surface area contributed by atoms with Gasteiger partial charge in [0.1, 0.15) is 0 Å². The van der Waals surface area contributed by atoms with E-state index in [0.29, 0.717) is 25.2 Å². The molecular weight excluding hydrogens is 268 g/mol. The molecule has 0 aliphatic rings. The fourth-order valence-electron chi connectivity index (χ4n) is 1.53. The standard InChI is InChI=1S/C11H18N4O3S/c1-19(17,18)14-7-6-13-8-9-4-2-3-5-10(9)11(12)15-16/h2-5,13-14,16H,6-8H2,1H3,(H2,12,15). The zero-order valence-electron chi connectivity index (χ0n) is 10.6. The Morgan fingerprint density at radius 3 is 2.68 bits per heavy atom. The normalized spacial score (nSPS) is 12.6. The first-order chi connectivity index (χ1) is 8.94. The Labute approximate surface area is 112 Å². The minimum atomic E-state index is -3.16. The van der Waals surface area contributed by atoms with Crippen LogP contribution in [0, 0.1) is 0 Å². The molecule has 0 heterocycles. The van der Waals surface area contributed by atoms with Crippen LogP contribution in [0.3, 0.4) is 0 Å². The predicted molar refractivity (Wildman–Crippen MR) is 73.5 cm³/mol. The van der Waals surface area contributed by atoms with Crippen LogP contribution in [0.5, 0.6) is 0 Å². The zero-order valence-corrected chi connectivity index (χ0v) is 11.4. The molecule has 0 amide bonds. The molecule has 0 fully saturated rings. The van der Waals surface area contributed by atoms with Crippen LogP contribution in [0.15, 0.2) is 29.4 Å². The van der Waals surface area contributed by atoms with Crippen molar-refractivity contribution in [3.05, 3.63) is 35.4 Å². The molecule has 0 bridgehead atoms. The summed E-state index contributed by atoms with van der Waals surface area (Å²) in [7, 11) is -3.16. The van der Waals surface area contributed by atoms with Gasteiger partial charge in [-0.3, -0.25) is 0 Å². The van der Waals surface area contributed by atoms with Gasteiger partial charge in [0.05, 0.1) is 6.26 Å². The topological polar surface area (TPSA) is 117 Å². The quantitative estimate of drug-likeness (QED) is 0.176. The van der Waals surface area contributed by atoms with Crippen molar-refractivity contribution in [1.82, 2.24) is 10.0 Å². The van der Waals surface area contributed by atoms with E-state index in [1.807, 2.05) is 12.1 Å². The van der Waals surface area contributed by atoms with Gasteiger partial charge in [-0.05, 0) is 5.56 Å². The van der Waals surface area contributed by atoms with Crippen molar-refractivity contribution in [3.63, 3.8) is 0 Å². The van der Waals surface area contributed by atoms with E-state index in [2.05, 4.69) is 15.2 Å². The van der Waals surface area contributed by atoms with Crippen molar-refractivity contribution < 1.29 is 13.6 Å². The lowest BCUT2D eigenvalue weighted by atomic mass is 10.1. The SMILES string of the molecule is CS(=O)(=O)NCCNCc1ccccc1C(N)=NO. The van der Waals surface area contributed by atoms with Gasteiger partial charge in [-0.25, -0.2) is 13.1 Å². The molecule has 106 valence electrons. The van der Waals surface area contributed by atoms with E-state index in [9.17, 15) is 8.42 Å². The lowest BCUT2D eigenvalue weighted by Gasteiger charge is -2.09. The van der Waals surface area contributed by atoms with E-state index in [1.165, 1.54) is 0 Å². The number of sulfonamides is 1. The number of benzene rings is 1. The Bertz CT molecular complexity index is 543. The number of nitrogens with two attached hydrogens (primary N) is 1. The summed E-state index contributed by atoms with van der Waals surface area (Å²) in [4.78, 5) is 0. The molecule has 0 atom stereocenters. The molecule has 0 aliphatic heterocycles. The number of oxime groups is 1. The van der Waals surface area contributed by atoms with Crippen LogP contribution in [0.1, 0.15) is 11.1 Å². The highest BCUT2D eigenvalue weighted by Crippen LogP contribution is 2.07. The average molecular weight is 286 g/mol.